The van der Waals surface area contributed by atoms with Crippen molar-refractivity contribution in [3.8, 4) is 0 Å². The molecule has 1 fully saturated rings. The highest BCUT2D eigenvalue weighted by Crippen LogP contribution is 2.20. The Balaban J connectivity index is 2.84. The summed E-state index contributed by atoms with van der Waals surface area (Å²) in [6, 6.07) is -0.471. The van der Waals surface area contributed by atoms with E-state index in [1.165, 1.54) is 6.92 Å². The van der Waals surface area contributed by atoms with Gasteiger partial charge in [-0.3, -0.25) is 14.4 Å². The van der Waals surface area contributed by atoms with Crippen molar-refractivity contribution in [3.63, 3.8) is 0 Å². The Morgan fingerprint density at radius 3 is 2.43 bits per heavy atom. The average Bonchev–Trinajstić information content (AvgIpc) is 2.40. The number of carbonyl (C=O) groups excluding carboxylic acids is 3. The molecule has 0 bridgehead atoms. The van der Waals surface area contributed by atoms with E-state index in [0.29, 0.717) is 0 Å². The van der Waals surface area contributed by atoms with E-state index in [-0.39, 0.29) is 17.5 Å². The van der Waals surface area contributed by atoms with Crippen LogP contribution in [0.15, 0.2) is 0 Å². The van der Waals surface area contributed by atoms with Gasteiger partial charge in [0.1, 0.15) is 5.78 Å². The molecule has 1 heterocycles. The summed E-state index contributed by atoms with van der Waals surface area (Å²) < 4.78 is 0. The minimum atomic E-state index is -1.06. The van der Waals surface area contributed by atoms with Gasteiger partial charge in [-0.25, -0.2) is 0 Å². The summed E-state index contributed by atoms with van der Waals surface area (Å²) in [5.74, 6) is -2.03. The van der Waals surface area contributed by atoms with E-state index in [4.69, 9.17) is 0 Å². The Kier molecular flexibility index (Phi) is 3.03. The lowest BCUT2D eigenvalue weighted by atomic mass is 9.91. The number of Topliss-reactive ketones (excluding diaryl/α,β-unsaturated/α-hetero) is 2. The third-order valence-electron chi connectivity index (χ3n) is 2.77. The number of nitrogens with one attached hydrogen (secondary N) is 1. The van der Waals surface area contributed by atoms with Gasteiger partial charge in [0.25, 0.3) is 0 Å². The van der Waals surface area contributed by atoms with E-state index in [2.05, 4.69) is 5.32 Å². The van der Waals surface area contributed by atoms with E-state index < -0.39 is 17.9 Å². The zero-order valence-corrected chi connectivity index (χ0v) is 8.66. The van der Waals surface area contributed by atoms with E-state index in [0.717, 1.165) is 6.42 Å². The van der Waals surface area contributed by atoms with E-state index in [1.807, 2.05) is 13.8 Å². The normalized spacial score (nSPS) is 28.8. The summed E-state index contributed by atoms with van der Waals surface area (Å²) in [7, 11) is 0. The Labute approximate surface area is 83.1 Å². The maximum Gasteiger partial charge on any atom is 0.238 e. The van der Waals surface area contributed by atoms with Crippen LogP contribution in [0.3, 0.4) is 0 Å². The summed E-state index contributed by atoms with van der Waals surface area (Å²) >= 11 is 0. The molecule has 0 aromatic rings. The SMILES string of the molecule is CC[C@H](C)[C@@H]1NC(=O)[C@@H](C(C)=O)C1=O. The molecule has 0 aliphatic carbocycles. The second-order valence-electron chi connectivity index (χ2n) is 3.82. The summed E-state index contributed by atoms with van der Waals surface area (Å²) in [5, 5.41) is 2.58. The molecule has 0 aromatic carbocycles. The molecule has 0 unspecified atom stereocenters. The lowest BCUT2D eigenvalue weighted by Crippen LogP contribution is -2.35. The first-order valence-electron chi connectivity index (χ1n) is 4.83. The van der Waals surface area contributed by atoms with E-state index in [9.17, 15) is 14.4 Å². The molecule has 1 aliphatic heterocycles. The second-order valence-corrected chi connectivity index (χ2v) is 3.82. The van der Waals surface area contributed by atoms with Gasteiger partial charge in [-0.1, -0.05) is 20.3 Å². The molecule has 1 aliphatic rings. The molecule has 1 amide bonds. The van der Waals surface area contributed by atoms with Crippen LogP contribution >= 0.6 is 0 Å². The first-order chi connectivity index (χ1) is 6.49. The van der Waals surface area contributed by atoms with Crippen LogP contribution in [0.2, 0.25) is 0 Å². The Morgan fingerprint density at radius 2 is 2.07 bits per heavy atom. The number of ketones is 2. The van der Waals surface area contributed by atoms with Crippen LogP contribution in [0.25, 0.3) is 0 Å². The molecule has 1 N–H and O–H groups in total. The number of amides is 1. The summed E-state index contributed by atoms with van der Waals surface area (Å²) in [4.78, 5) is 34.0. The highest BCUT2D eigenvalue weighted by molar-refractivity contribution is 6.23. The summed E-state index contributed by atoms with van der Waals surface area (Å²) in [5.41, 5.74) is 0. The fourth-order valence-corrected chi connectivity index (χ4v) is 1.66. The molecule has 78 valence electrons. The van der Waals surface area contributed by atoms with Crippen molar-refractivity contribution in [2.75, 3.05) is 0 Å². The molecule has 1 rings (SSSR count). The molecule has 14 heavy (non-hydrogen) atoms. The van der Waals surface area contributed by atoms with Crippen molar-refractivity contribution in [1.82, 2.24) is 5.32 Å². The van der Waals surface area contributed by atoms with Crippen molar-refractivity contribution in [2.24, 2.45) is 11.8 Å². The van der Waals surface area contributed by atoms with Crippen molar-refractivity contribution in [1.29, 1.82) is 0 Å². The van der Waals surface area contributed by atoms with Crippen LogP contribution < -0.4 is 5.32 Å². The molecule has 0 radical (unpaired) electrons. The van der Waals surface area contributed by atoms with Crippen molar-refractivity contribution < 1.29 is 14.4 Å². The average molecular weight is 197 g/mol. The molecular weight excluding hydrogens is 182 g/mol. The van der Waals surface area contributed by atoms with Crippen LogP contribution in [0.4, 0.5) is 0 Å². The minimum Gasteiger partial charge on any atom is -0.345 e. The van der Waals surface area contributed by atoms with E-state index in [1.54, 1.807) is 0 Å². The van der Waals surface area contributed by atoms with Crippen LogP contribution in [0.5, 0.6) is 0 Å². The molecule has 0 aromatic heterocycles. The lowest BCUT2D eigenvalue weighted by Gasteiger charge is -2.15. The summed E-state index contributed by atoms with van der Waals surface area (Å²) in [6.45, 7) is 5.12. The zero-order chi connectivity index (χ0) is 10.9. The van der Waals surface area contributed by atoms with Gasteiger partial charge in [-0.15, -0.1) is 0 Å². The number of carbonyl (C=O) groups is 3. The molecule has 1 saturated heterocycles. The van der Waals surface area contributed by atoms with Gasteiger partial charge in [0.2, 0.25) is 5.91 Å². The molecule has 4 heteroatoms. The smallest absolute Gasteiger partial charge is 0.238 e. The zero-order valence-electron chi connectivity index (χ0n) is 8.66. The maximum absolute atomic E-state index is 11.7. The standard InChI is InChI=1S/C10H15NO3/c1-4-5(2)8-9(13)7(6(3)12)10(14)11-8/h5,7-8H,4H2,1-3H3,(H,11,14)/t5-,7-,8-/m0/s1. The highest BCUT2D eigenvalue weighted by atomic mass is 16.2. The molecule has 3 atom stereocenters. The Hall–Kier alpha value is -1.19. The molecule has 4 nitrogen and oxygen atoms in total. The molecule has 0 spiro atoms. The number of hydrogen-bond donors (Lipinski definition) is 1. The van der Waals surface area contributed by atoms with Gasteiger partial charge in [-0.2, -0.15) is 0 Å². The van der Waals surface area contributed by atoms with Gasteiger partial charge in [0, 0.05) is 0 Å². The van der Waals surface area contributed by atoms with Crippen LogP contribution in [-0.2, 0) is 14.4 Å². The summed E-state index contributed by atoms with van der Waals surface area (Å²) in [6.07, 6.45) is 0.807. The van der Waals surface area contributed by atoms with Crippen molar-refractivity contribution >= 4 is 17.5 Å². The maximum atomic E-state index is 11.7. The van der Waals surface area contributed by atoms with Crippen molar-refractivity contribution in [3.05, 3.63) is 0 Å². The third-order valence-corrected chi connectivity index (χ3v) is 2.77. The first-order valence-corrected chi connectivity index (χ1v) is 4.83. The number of hydrogen-bond acceptors (Lipinski definition) is 3. The van der Waals surface area contributed by atoms with Gasteiger partial charge in [-0.05, 0) is 12.8 Å². The van der Waals surface area contributed by atoms with Crippen LogP contribution in [0, 0.1) is 11.8 Å². The van der Waals surface area contributed by atoms with Crippen molar-refractivity contribution in [2.45, 2.75) is 33.2 Å². The number of rotatable bonds is 3. The van der Waals surface area contributed by atoms with Gasteiger partial charge in [0.05, 0.1) is 6.04 Å². The topological polar surface area (TPSA) is 63.2 Å². The minimum absolute atomic E-state index is 0.0933. The Morgan fingerprint density at radius 1 is 1.50 bits per heavy atom. The first kappa shape index (κ1) is 10.9. The van der Waals surface area contributed by atoms with E-state index >= 15 is 0 Å². The van der Waals surface area contributed by atoms with Gasteiger partial charge < -0.3 is 5.32 Å². The Bertz CT molecular complexity index is 285. The third kappa shape index (κ3) is 1.69. The quantitative estimate of drug-likeness (QED) is 0.662. The van der Waals surface area contributed by atoms with Gasteiger partial charge >= 0.3 is 0 Å². The largest absolute Gasteiger partial charge is 0.345 e. The van der Waals surface area contributed by atoms with Crippen LogP contribution in [-0.4, -0.2) is 23.5 Å². The predicted molar refractivity (Wildman–Crippen MR) is 50.6 cm³/mol. The molecule has 0 saturated carbocycles. The van der Waals surface area contributed by atoms with Crippen LogP contribution in [0.1, 0.15) is 27.2 Å². The second kappa shape index (κ2) is 3.90. The lowest BCUT2D eigenvalue weighted by molar-refractivity contribution is -0.135. The predicted octanol–water partition coefficient (Wildman–Crippen LogP) is 0.305. The van der Waals surface area contributed by atoms with Gasteiger partial charge in [0.15, 0.2) is 11.7 Å². The fraction of sp³-hybridized carbons (Fsp3) is 0.700. The molecular formula is C10H15NO3. The monoisotopic (exact) mass is 197 g/mol. The fourth-order valence-electron chi connectivity index (χ4n) is 1.66. The highest BCUT2D eigenvalue weighted by Gasteiger charge is 2.45.